The number of halogens is 1. The summed E-state index contributed by atoms with van der Waals surface area (Å²) in [5, 5.41) is 2.76. The van der Waals surface area contributed by atoms with Gasteiger partial charge >= 0.3 is 0 Å². The van der Waals surface area contributed by atoms with Crippen LogP contribution in [0.25, 0.3) is 0 Å². The summed E-state index contributed by atoms with van der Waals surface area (Å²) in [5.41, 5.74) is 1.85. The first-order valence-corrected chi connectivity index (χ1v) is 6.08. The Bertz CT molecular complexity index is 522. The largest absolute Gasteiger partial charge is 0.321 e. The highest BCUT2D eigenvalue weighted by molar-refractivity contribution is 14.1. The highest BCUT2D eigenvalue weighted by atomic mass is 127. The minimum atomic E-state index is -0.251. The molecule has 17 heavy (non-hydrogen) atoms. The molecule has 86 valence electrons. The van der Waals surface area contributed by atoms with Gasteiger partial charge in [-0.05, 0) is 53.8 Å². The Morgan fingerprint density at radius 1 is 1.18 bits per heavy atom. The molecule has 2 aromatic rings. The van der Waals surface area contributed by atoms with Gasteiger partial charge in [-0.2, -0.15) is 0 Å². The van der Waals surface area contributed by atoms with Crippen molar-refractivity contribution in [2.24, 2.45) is 0 Å². The number of nitrogens with one attached hydrogen (secondary N) is 1. The number of hydrogen-bond acceptors (Lipinski definition) is 3. The molecule has 0 aliphatic heterocycles. The average molecular weight is 339 g/mol. The van der Waals surface area contributed by atoms with E-state index in [0.717, 1.165) is 15.0 Å². The van der Waals surface area contributed by atoms with Gasteiger partial charge in [0.15, 0.2) is 0 Å². The van der Waals surface area contributed by atoms with Crippen molar-refractivity contribution in [1.29, 1.82) is 0 Å². The van der Waals surface area contributed by atoms with Crippen LogP contribution in [0.15, 0.2) is 36.7 Å². The predicted molar refractivity (Wildman–Crippen MR) is 73.9 cm³/mol. The van der Waals surface area contributed by atoms with Gasteiger partial charge in [0.25, 0.3) is 5.91 Å². The van der Waals surface area contributed by atoms with E-state index in [1.54, 1.807) is 6.20 Å². The SMILES string of the molecule is Cc1cnc(C(=O)Nc2ccc(I)cc2)cn1. The van der Waals surface area contributed by atoms with Gasteiger partial charge in [-0.25, -0.2) is 4.98 Å². The molecule has 0 bridgehead atoms. The van der Waals surface area contributed by atoms with Crippen LogP contribution in [-0.4, -0.2) is 15.9 Å². The third-order valence-electron chi connectivity index (χ3n) is 2.12. The van der Waals surface area contributed by atoms with Crippen LogP contribution in [0, 0.1) is 10.5 Å². The molecular formula is C12H10IN3O. The van der Waals surface area contributed by atoms with Crippen molar-refractivity contribution in [2.75, 3.05) is 5.32 Å². The van der Waals surface area contributed by atoms with E-state index in [1.807, 2.05) is 31.2 Å². The maximum absolute atomic E-state index is 11.8. The maximum atomic E-state index is 11.8. The number of anilines is 1. The van der Waals surface area contributed by atoms with Gasteiger partial charge in [0, 0.05) is 15.5 Å². The molecule has 1 N–H and O–H groups in total. The highest BCUT2D eigenvalue weighted by Crippen LogP contribution is 2.11. The van der Waals surface area contributed by atoms with E-state index >= 15 is 0 Å². The second-order valence-electron chi connectivity index (χ2n) is 3.50. The summed E-state index contributed by atoms with van der Waals surface area (Å²) in [7, 11) is 0. The molecule has 1 heterocycles. The summed E-state index contributed by atoms with van der Waals surface area (Å²) in [6.45, 7) is 1.83. The second-order valence-corrected chi connectivity index (χ2v) is 4.75. The topological polar surface area (TPSA) is 54.9 Å². The number of benzene rings is 1. The summed E-state index contributed by atoms with van der Waals surface area (Å²) in [5.74, 6) is -0.251. The number of carbonyl (C=O) groups excluding carboxylic acids is 1. The minimum absolute atomic E-state index is 0.251. The van der Waals surface area contributed by atoms with E-state index in [2.05, 4.69) is 37.9 Å². The Kier molecular flexibility index (Phi) is 3.68. The van der Waals surface area contributed by atoms with Crippen molar-refractivity contribution in [1.82, 2.24) is 9.97 Å². The van der Waals surface area contributed by atoms with E-state index < -0.39 is 0 Å². The lowest BCUT2D eigenvalue weighted by Crippen LogP contribution is -2.14. The van der Waals surface area contributed by atoms with Gasteiger partial charge < -0.3 is 5.32 Å². The van der Waals surface area contributed by atoms with E-state index in [-0.39, 0.29) is 5.91 Å². The van der Waals surface area contributed by atoms with E-state index in [9.17, 15) is 4.79 Å². The number of rotatable bonds is 2. The fraction of sp³-hybridized carbons (Fsp3) is 0.0833. The van der Waals surface area contributed by atoms with Gasteiger partial charge in [-0.15, -0.1) is 0 Å². The van der Waals surface area contributed by atoms with E-state index in [1.165, 1.54) is 6.20 Å². The number of aromatic nitrogens is 2. The quantitative estimate of drug-likeness (QED) is 0.856. The lowest BCUT2D eigenvalue weighted by atomic mass is 10.3. The number of hydrogen-bond donors (Lipinski definition) is 1. The molecule has 0 aliphatic rings. The third-order valence-corrected chi connectivity index (χ3v) is 2.83. The lowest BCUT2D eigenvalue weighted by molar-refractivity contribution is 0.102. The zero-order chi connectivity index (χ0) is 12.3. The first kappa shape index (κ1) is 12.0. The fourth-order valence-electron chi connectivity index (χ4n) is 1.24. The number of carbonyl (C=O) groups is 1. The van der Waals surface area contributed by atoms with Crippen LogP contribution in [0.5, 0.6) is 0 Å². The van der Waals surface area contributed by atoms with Crippen LogP contribution >= 0.6 is 22.6 Å². The monoisotopic (exact) mass is 339 g/mol. The normalized spacial score (nSPS) is 10.0. The first-order valence-electron chi connectivity index (χ1n) is 5.01. The van der Waals surface area contributed by atoms with Gasteiger partial charge in [0.05, 0.1) is 11.9 Å². The molecule has 2 rings (SSSR count). The predicted octanol–water partition coefficient (Wildman–Crippen LogP) is 2.64. The molecule has 0 radical (unpaired) electrons. The Balaban J connectivity index is 2.11. The van der Waals surface area contributed by atoms with Crippen LogP contribution in [0.2, 0.25) is 0 Å². The van der Waals surface area contributed by atoms with Crippen LogP contribution in [0.4, 0.5) is 5.69 Å². The zero-order valence-corrected chi connectivity index (χ0v) is 11.3. The molecule has 0 aliphatic carbocycles. The summed E-state index contributed by atoms with van der Waals surface area (Å²) in [6.07, 6.45) is 3.04. The molecule has 0 spiro atoms. The van der Waals surface area contributed by atoms with Crippen molar-refractivity contribution in [3.63, 3.8) is 0 Å². The van der Waals surface area contributed by atoms with Crippen LogP contribution in [0.3, 0.4) is 0 Å². The number of aryl methyl sites for hydroxylation is 1. The van der Waals surface area contributed by atoms with Crippen molar-refractivity contribution in [3.8, 4) is 0 Å². The van der Waals surface area contributed by atoms with Crippen molar-refractivity contribution in [2.45, 2.75) is 6.92 Å². The molecule has 4 nitrogen and oxygen atoms in total. The first-order chi connectivity index (χ1) is 8.15. The maximum Gasteiger partial charge on any atom is 0.275 e. The molecule has 1 amide bonds. The summed E-state index contributed by atoms with van der Waals surface area (Å²) >= 11 is 2.21. The van der Waals surface area contributed by atoms with Gasteiger partial charge in [0.2, 0.25) is 0 Å². The Morgan fingerprint density at radius 3 is 2.47 bits per heavy atom. The van der Waals surface area contributed by atoms with Crippen LogP contribution in [0.1, 0.15) is 16.2 Å². The van der Waals surface area contributed by atoms with Gasteiger partial charge in [-0.1, -0.05) is 0 Å². The smallest absolute Gasteiger partial charge is 0.275 e. The molecule has 0 saturated carbocycles. The summed E-state index contributed by atoms with van der Waals surface area (Å²) in [6, 6.07) is 7.55. The number of amides is 1. The zero-order valence-electron chi connectivity index (χ0n) is 9.14. The molecule has 0 unspecified atom stereocenters. The van der Waals surface area contributed by atoms with Crippen LogP contribution < -0.4 is 5.32 Å². The Hall–Kier alpha value is -1.50. The second kappa shape index (κ2) is 5.22. The van der Waals surface area contributed by atoms with Crippen molar-refractivity contribution < 1.29 is 4.79 Å². The highest BCUT2D eigenvalue weighted by Gasteiger charge is 2.07. The van der Waals surface area contributed by atoms with Gasteiger partial charge in [-0.3, -0.25) is 9.78 Å². The standard InChI is InChI=1S/C12H10IN3O/c1-8-6-15-11(7-14-8)12(17)16-10-4-2-9(13)3-5-10/h2-7H,1H3,(H,16,17). The Morgan fingerprint density at radius 2 is 1.88 bits per heavy atom. The molecule has 0 saturated heterocycles. The summed E-state index contributed by atoms with van der Waals surface area (Å²) < 4.78 is 1.12. The van der Waals surface area contributed by atoms with Gasteiger partial charge in [0.1, 0.15) is 5.69 Å². The minimum Gasteiger partial charge on any atom is -0.321 e. The third kappa shape index (κ3) is 3.23. The van der Waals surface area contributed by atoms with Crippen LogP contribution in [-0.2, 0) is 0 Å². The summed E-state index contributed by atoms with van der Waals surface area (Å²) in [4.78, 5) is 19.8. The molecular weight excluding hydrogens is 329 g/mol. The number of nitrogens with zero attached hydrogens (tertiary/aromatic N) is 2. The molecule has 0 fully saturated rings. The average Bonchev–Trinajstić information content (AvgIpc) is 2.33. The fourth-order valence-corrected chi connectivity index (χ4v) is 1.60. The van der Waals surface area contributed by atoms with Crippen molar-refractivity contribution in [3.05, 3.63) is 51.6 Å². The molecule has 0 atom stereocenters. The molecule has 1 aromatic carbocycles. The Labute approximate surface area is 113 Å². The lowest BCUT2D eigenvalue weighted by Gasteiger charge is -2.04. The molecule has 1 aromatic heterocycles. The van der Waals surface area contributed by atoms with E-state index in [0.29, 0.717) is 5.69 Å². The van der Waals surface area contributed by atoms with E-state index in [4.69, 9.17) is 0 Å². The van der Waals surface area contributed by atoms with Crippen molar-refractivity contribution >= 4 is 34.2 Å². The molecule has 5 heteroatoms.